The number of carbonyl (C=O) groups is 3. The van der Waals surface area contributed by atoms with Crippen LogP contribution in [-0.4, -0.2) is 58.3 Å². The van der Waals surface area contributed by atoms with Crippen molar-refractivity contribution in [2.75, 3.05) is 13.1 Å². The van der Waals surface area contributed by atoms with E-state index in [4.69, 9.17) is 4.74 Å². The van der Waals surface area contributed by atoms with Crippen LogP contribution in [0.5, 0.6) is 5.75 Å². The van der Waals surface area contributed by atoms with E-state index >= 15 is 0 Å². The Morgan fingerprint density at radius 1 is 1.00 bits per heavy atom. The van der Waals surface area contributed by atoms with Crippen LogP contribution in [0.2, 0.25) is 0 Å². The van der Waals surface area contributed by atoms with Gasteiger partial charge in [0, 0.05) is 43.1 Å². The maximum Gasteiger partial charge on any atom is 0.255 e. The highest BCUT2D eigenvalue weighted by molar-refractivity contribution is 6.10. The Hall–Kier alpha value is -3.70. The highest BCUT2D eigenvalue weighted by Crippen LogP contribution is 2.49. The number of nitriles is 1. The number of hydrogen-bond acceptors (Lipinski definition) is 6. The lowest BCUT2D eigenvalue weighted by Gasteiger charge is -2.53. The van der Waals surface area contributed by atoms with Gasteiger partial charge in [-0.3, -0.25) is 24.6 Å². The molecule has 8 rings (SSSR count). The van der Waals surface area contributed by atoms with Gasteiger partial charge in [-0.05, 0) is 73.6 Å². The van der Waals surface area contributed by atoms with E-state index in [-0.39, 0.29) is 29.7 Å². The van der Waals surface area contributed by atoms with Crippen LogP contribution in [0.25, 0.3) is 0 Å². The van der Waals surface area contributed by atoms with E-state index in [2.05, 4.69) is 22.4 Å². The maximum atomic E-state index is 13.2. The summed E-state index contributed by atoms with van der Waals surface area (Å²) in [6.07, 6.45) is 5.35. The highest BCUT2D eigenvalue weighted by Gasteiger charge is 2.63. The molecule has 1 unspecified atom stereocenters. The number of imide groups is 1. The summed E-state index contributed by atoms with van der Waals surface area (Å²) in [5.41, 5.74) is 2.54. The van der Waals surface area contributed by atoms with E-state index in [0.717, 1.165) is 43.7 Å². The van der Waals surface area contributed by atoms with Gasteiger partial charge in [0.2, 0.25) is 5.91 Å². The number of nitrogens with zero attached hydrogens (tertiary/aromatic N) is 3. The third-order valence-electron chi connectivity index (χ3n) is 9.42. The average Bonchev–Trinajstić information content (AvgIpc) is 3.19. The normalized spacial score (nSPS) is 30.7. The number of rotatable bonds is 5. The molecule has 8 nitrogen and oxygen atoms in total. The molecule has 1 N–H and O–H groups in total. The lowest BCUT2D eigenvalue weighted by Crippen LogP contribution is -2.73. The Balaban J connectivity index is 1.03. The summed E-state index contributed by atoms with van der Waals surface area (Å²) in [6, 6.07) is 16.2. The van der Waals surface area contributed by atoms with Crippen molar-refractivity contribution >= 4 is 17.7 Å². The molecule has 4 heterocycles. The van der Waals surface area contributed by atoms with Crippen molar-refractivity contribution in [3.05, 3.63) is 64.7 Å². The first-order chi connectivity index (χ1) is 18.4. The minimum Gasteiger partial charge on any atom is -0.489 e. The smallest absolute Gasteiger partial charge is 0.255 e. The number of carbonyl (C=O) groups excluding carboxylic acids is 3. The lowest BCUT2D eigenvalue weighted by atomic mass is 9.63. The van der Waals surface area contributed by atoms with Gasteiger partial charge in [-0.25, -0.2) is 0 Å². The zero-order chi connectivity index (χ0) is 26.0. The Morgan fingerprint density at radius 2 is 1.82 bits per heavy atom. The molecule has 8 heteroatoms. The second kappa shape index (κ2) is 8.67. The van der Waals surface area contributed by atoms with Crippen LogP contribution in [0, 0.1) is 17.2 Å². The zero-order valence-corrected chi connectivity index (χ0v) is 21.2. The average molecular weight is 511 g/mol. The maximum absolute atomic E-state index is 13.2. The lowest BCUT2D eigenvalue weighted by molar-refractivity contribution is -0.160. The third-order valence-corrected chi connectivity index (χ3v) is 9.42. The van der Waals surface area contributed by atoms with E-state index in [1.807, 2.05) is 36.4 Å². The number of hydrogen-bond donors (Lipinski definition) is 1. The molecule has 0 aromatic heterocycles. The Bertz CT molecular complexity index is 1380. The van der Waals surface area contributed by atoms with E-state index in [9.17, 15) is 19.6 Å². The summed E-state index contributed by atoms with van der Waals surface area (Å²) in [5, 5.41) is 11.7. The Labute approximate surface area is 221 Å². The van der Waals surface area contributed by atoms with Gasteiger partial charge in [0.15, 0.2) is 0 Å². The Morgan fingerprint density at radius 3 is 2.61 bits per heavy atom. The van der Waals surface area contributed by atoms with Crippen LogP contribution in [-0.2, 0) is 16.1 Å². The van der Waals surface area contributed by atoms with Crippen LogP contribution in [0.15, 0.2) is 42.5 Å². The van der Waals surface area contributed by atoms with Gasteiger partial charge in [-0.15, -0.1) is 0 Å². The SMILES string of the molecule is N#Cc1cccc(C2CN(C3CCCC[C@@H]3Oc3ccc4c(c3)CN(C35CC(C3)C(=O)NC5=O)C4=O)C2)c1. The van der Waals surface area contributed by atoms with Crippen molar-refractivity contribution in [3.8, 4) is 11.8 Å². The van der Waals surface area contributed by atoms with E-state index in [1.165, 1.54) is 12.0 Å². The Kier molecular flexibility index (Phi) is 5.34. The summed E-state index contributed by atoms with van der Waals surface area (Å²) in [4.78, 5) is 42.0. The molecule has 2 saturated carbocycles. The van der Waals surface area contributed by atoms with Crippen LogP contribution >= 0.6 is 0 Å². The molecule has 3 amide bonds. The first-order valence-electron chi connectivity index (χ1n) is 13.7. The second-order valence-corrected chi connectivity index (χ2v) is 11.6. The number of piperidine rings is 2. The summed E-state index contributed by atoms with van der Waals surface area (Å²) < 4.78 is 6.58. The molecule has 5 fully saturated rings. The van der Waals surface area contributed by atoms with E-state index in [0.29, 0.717) is 42.5 Å². The zero-order valence-electron chi connectivity index (χ0n) is 21.2. The molecule has 2 bridgehead atoms. The molecule has 2 aliphatic carbocycles. The van der Waals surface area contributed by atoms with Crippen molar-refractivity contribution in [1.82, 2.24) is 15.1 Å². The standard InChI is InChI=1S/C30H30N4O4/c31-14-18-4-3-5-19(10-18)22-15-33(16-22)25-6-1-2-7-26(25)38-23-8-9-24-20(11-23)17-34(28(24)36)30-12-21(13-30)27(35)32-29(30)37/h3-5,8-11,21-22,25-26H,1-2,6-7,12-13,15-17H2,(H,32,35,37)/t21?,25?,26-,30?/m0/s1. The number of nitrogens with one attached hydrogen (secondary N) is 1. The molecule has 38 heavy (non-hydrogen) atoms. The quantitative estimate of drug-likeness (QED) is 0.620. The summed E-state index contributed by atoms with van der Waals surface area (Å²) in [5.74, 6) is 0.324. The van der Waals surface area contributed by atoms with Crippen molar-refractivity contribution < 1.29 is 19.1 Å². The van der Waals surface area contributed by atoms with Gasteiger partial charge in [-0.1, -0.05) is 18.6 Å². The first kappa shape index (κ1) is 23.4. The molecular formula is C30H30N4O4. The third kappa shape index (κ3) is 3.56. The summed E-state index contributed by atoms with van der Waals surface area (Å²) in [6.45, 7) is 2.31. The summed E-state index contributed by atoms with van der Waals surface area (Å²) in [7, 11) is 0. The number of fused-ring (bicyclic) bond motifs is 3. The second-order valence-electron chi connectivity index (χ2n) is 11.6. The van der Waals surface area contributed by atoms with Crippen molar-refractivity contribution in [2.45, 2.75) is 68.7 Å². The number of benzene rings is 2. The van der Waals surface area contributed by atoms with Gasteiger partial charge in [0.1, 0.15) is 17.4 Å². The minimum atomic E-state index is -0.898. The van der Waals surface area contributed by atoms with Gasteiger partial charge in [-0.2, -0.15) is 5.26 Å². The minimum absolute atomic E-state index is 0.0857. The molecule has 3 saturated heterocycles. The molecular weight excluding hydrogens is 480 g/mol. The number of ether oxygens (including phenoxy) is 1. The fraction of sp³-hybridized carbons (Fsp3) is 0.467. The van der Waals surface area contributed by atoms with Crippen LogP contribution in [0.3, 0.4) is 0 Å². The molecule has 194 valence electrons. The molecule has 6 aliphatic rings. The summed E-state index contributed by atoms with van der Waals surface area (Å²) >= 11 is 0. The van der Waals surface area contributed by atoms with Crippen molar-refractivity contribution in [2.24, 2.45) is 5.92 Å². The van der Waals surface area contributed by atoms with Gasteiger partial charge in [0.25, 0.3) is 11.8 Å². The van der Waals surface area contributed by atoms with E-state index in [1.54, 1.807) is 4.90 Å². The van der Waals surface area contributed by atoms with Crippen LogP contribution in [0.4, 0.5) is 0 Å². The van der Waals surface area contributed by atoms with E-state index < -0.39 is 5.54 Å². The first-order valence-corrected chi connectivity index (χ1v) is 13.7. The van der Waals surface area contributed by atoms with Crippen LogP contribution in [0.1, 0.15) is 71.5 Å². The molecule has 2 aromatic rings. The predicted molar refractivity (Wildman–Crippen MR) is 137 cm³/mol. The van der Waals surface area contributed by atoms with Gasteiger partial charge >= 0.3 is 0 Å². The molecule has 0 spiro atoms. The fourth-order valence-electron chi connectivity index (χ4n) is 7.18. The monoisotopic (exact) mass is 510 g/mol. The largest absolute Gasteiger partial charge is 0.489 e. The molecule has 2 atom stereocenters. The highest BCUT2D eigenvalue weighted by atomic mass is 16.5. The molecule has 0 radical (unpaired) electrons. The topological polar surface area (TPSA) is 103 Å². The number of likely N-dealkylation sites (tertiary alicyclic amines) is 1. The van der Waals surface area contributed by atoms with Crippen LogP contribution < -0.4 is 10.1 Å². The van der Waals surface area contributed by atoms with Gasteiger partial charge in [0.05, 0.1) is 11.6 Å². The number of amides is 3. The van der Waals surface area contributed by atoms with Gasteiger partial charge < -0.3 is 9.64 Å². The van der Waals surface area contributed by atoms with Crippen molar-refractivity contribution in [1.29, 1.82) is 5.26 Å². The predicted octanol–water partition coefficient (Wildman–Crippen LogP) is 3.11. The molecule has 4 aliphatic heterocycles. The molecule has 2 aromatic carbocycles. The fourth-order valence-corrected chi connectivity index (χ4v) is 7.18. The van der Waals surface area contributed by atoms with Crippen molar-refractivity contribution in [3.63, 3.8) is 0 Å².